The van der Waals surface area contributed by atoms with Crippen LogP contribution in [0.15, 0.2) is 72.9 Å². The van der Waals surface area contributed by atoms with Crippen LogP contribution in [0.2, 0.25) is 0 Å². The van der Waals surface area contributed by atoms with E-state index in [2.05, 4.69) is 10.3 Å². The first-order valence-electron chi connectivity index (χ1n) is 7.77. The van der Waals surface area contributed by atoms with Crippen LogP contribution in [0, 0.1) is 6.92 Å². The zero-order chi connectivity index (χ0) is 16.9. The van der Waals surface area contributed by atoms with Crippen LogP contribution in [0.1, 0.15) is 16.1 Å². The van der Waals surface area contributed by atoms with E-state index in [0.717, 1.165) is 22.6 Å². The van der Waals surface area contributed by atoms with Gasteiger partial charge in [0.1, 0.15) is 5.69 Å². The highest BCUT2D eigenvalue weighted by atomic mass is 16.2. The minimum Gasteiger partial charge on any atom is -0.355 e. The Balaban J connectivity index is 1.82. The van der Waals surface area contributed by atoms with Crippen molar-refractivity contribution in [1.29, 1.82) is 0 Å². The number of pyridine rings is 1. The number of anilines is 3. The summed E-state index contributed by atoms with van der Waals surface area (Å²) in [7, 11) is 1.75. The summed E-state index contributed by atoms with van der Waals surface area (Å²) in [5.74, 6) is -0.144. The molecule has 3 rings (SSSR count). The van der Waals surface area contributed by atoms with Gasteiger partial charge in [0, 0.05) is 30.3 Å². The van der Waals surface area contributed by atoms with Crippen molar-refractivity contribution < 1.29 is 4.79 Å². The van der Waals surface area contributed by atoms with Gasteiger partial charge < -0.3 is 10.2 Å². The molecule has 2 aromatic carbocycles. The van der Waals surface area contributed by atoms with Crippen molar-refractivity contribution in [3.05, 3.63) is 84.2 Å². The van der Waals surface area contributed by atoms with Gasteiger partial charge in [0.05, 0.1) is 0 Å². The molecule has 0 spiro atoms. The molecular formula is C20H19N3O. The largest absolute Gasteiger partial charge is 0.355 e. The van der Waals surface area contributed by atoms with Crippen molar-refractivity contribution in [3.8, 4) is 0 Å². The second-order valence-corrected chi connectivity index (χ2v) is 5.57. The van der Waals surface area contributed by atoms with E-state index in [4.69, 9.17) is 0 Å². The Kier molecular flexibility index (Phi) is 4.57. The van der Waals surface area contributed by atoms with Crippen molar-refractivity contribution in [2.24, 2.45) is 0 Å². The molecule has 0 fully saturated rings. The summed E-state index contributed by atoms with van der Waals surface area (Å²) < 4.78 is 0. The van der Waals surface area contributed by atoms with Crippen LogP contribution in [0.25, 0.3) is 0 Å². The number of aromatic nitrogens is 1. The Labute approximate surface area is 141 Å². The van der Waals surface area contributed by atoms with Gasteiger partial charge in [0.15, 0.2) is 0 Å². The van der Waals surface area contributed by atoms with Gasteiger partial charge in [-0.3, -0.25) is 9.78 Å². The van der Waals surface area contributed by atoms with Gasteiger partial charge in [-0.25, -0.2) is 0 Å². The molecule has 4 nitrogen and oxygen atoms in total. The number of carbonyl (C=O) groups is 1. The zero-order valence-corrected chi connectivity index (χ0v) is 13.7. The maximum absolute atomic E-state index is 12.7. The van der Waals surface area contributed by atoms with E-state index < -0.39 is 0 Å². The lowest BCUT2D eigenvalue weighted by Crippen LogP contribution is -2.27. The number of hydrogen-bond acceptors (Lipinski definition) is 3. The second kappa shape index (κ2) is 6.96. The van der Waals surface area contributed by atoms with Gasteiger partial charge in [0.2, 0.25) is 0 Å². The Morgan fingerprint density at radius 2 is 1.71 bits per heavy atom. The van der Waals surface area contributed by atoms with Gasteiger partial charge in [0.25, 0.3) is 5.91 Å². The average Bonchev–Trinajstić information content (AvgIpc) is 2.63. The van der Waals surface area contributed by atoms with E-state index in [1.807, 2.05) is 67.6 Å². The first-order valence-corrected chi connectivity index (χ1v) is 7.77. The van der Waals surface area contributed by atoms with E-state index in [9.17, 15) is 4.79 Å². The molecular weight excluding hydrogens is 298 g/mol. The molecule has 0 aliphatic heterocycles. The SMILES string of the molecule is Cc1ccccc1Nc1ccnc(C(=O)N(C)c2ccccc2)c1. The Bertz CT molecular complexity index is 846. The molecule has 1 aromatic heterocycles. The van der Waals surface area contributed by atoms with Crippen LogP contribution >= 0.6 is 0 Å². The average molecular weight is 317 g/mol. The monoisotopic (exact) mass is 317 g/mol. The summed E-state index contributed by atoms with van der Waals surface area (Å²) >= 11 is 0. The van der Waals surface area contributed by atoms with E-state index in [1.54, 1.807) is 24.2 Å². The molecule has 0 radical (unpaired) electrons. The molecule has 4 heteroatoms. The fourth-order valence-electron chi connectivity index (χ4n) is 2.43. The lowest BCUT2D eigenvalue weighted by atomic mass is 10.2. The third kappa shape index (κ3) is 3.43. The van der Waals surface area contributed by atoms with Gasteiger partial charge in [-0.05, 0) is 42.8 Å². The molecule has 0 atom stereocenters. The Morgan fingerprint density at radius 1 is 1.00 bits per heavy atom. The number of rotatable bonds is 4. The number of aryl methyl sites for hydroxylation is 1. The fourth-order valence-corrected chi connectivity index (χ4v) is 2.43. The summed E-state index contributed by atoms with van der Waals surface area (Å²) in [6.07, 6.45) is 1.65. The minimum absolute atomic E-state index is 0.144. The number of hydrogen-bond donors (Lipinski definition) is 1. The molecule has 0 aliphatic carbocycles. The van der Waals surface area contributed by atoms with Crippen molar-refractivity contribution in [3.63, 3.8) is 0 Å². The molecule has 0 saturated heterocycles. The maximum Gasteiger partial charge on any atom is 0.276 e. The number of carbonyl (C=O) groups excluding carboxylic acids is 1. The van der Waals surface area contributed by atoms with E-state index in [0.29, 0.717) is 5.69 Å². The van der Waals surface area contributed by atoms with Crippen molar-refractivity contribution in [1.82, 2.24) is 4.98 Å². The second-order valence-electron chi connectivity index (χ2n) is 5.57. The summed E-state index contributed by atoms with van der Waals surface area (Å²) in [4.78, 5) is 18.5. The van der Waals surface area contributed by atoms with Crippen LogP contribution in [0.3, 0.4) is 0 Å². The number of para-hydroxylation sites is 2. The summed E-state index contributed by atoms with van der Waals surface area (Å²) in [5, 5.41) is 3.34. The van der Waals surface area contributed by atoms with Gasteiger partial charge >= 0.3 is 0 Å². The molecule has 120 valence electrons. The number of nitrogens with zero attached hydrogens (tertiary/aromatic N) is 2. The van der Waals surface area contributed by atoms with Gasteiger partial charge in [-0.1, -0.05) is 36.4 Å². The molecule has 24 heavy (non-hydrogen) atoms. The van der Waals surface area contributed by atoms with Gasteiger partial charge in [-0.2, -0.15) is 0 Å². The quantitative estimate of drug-likeness (QED) is 0.775. The maximum atomic E-state index is 12.7. The van der Waals surface area contributed by atoms with Crippen molar-refractivity contribution >= 4 is 23.0 Å². The highest BCUT2D eigenvalue weighted by Gasteiger charge is 2.15. The molecule has 0 bridgehead atoms. The zero-order valence-electron chi connectivity index (χ0n) is 13.7. The van der Waals surface area contributed by atoms with Crippen LogP contribution in [-0.2, 0) is 0 Å². The molecule has 0 unspecified atom stereocenters. The predicted molar refractivity (Wildman–Crippen MR) is 97.9 cm³/mol. The highest BCUT2D eigenvalue weighted by Crippen LogP contribution is 2.21. The van der Waals surface area contributed by atoms with E-state index in [-0.39, 0.29) is 5.91 Å². The highest BCUT2D eigenvalue weighted by molar-refractivity contribution is 6.04. The Morgan fingerprint density at radius 3 is 2.46 bits per heavy atom. The molecule has 1 heterocycles. The van der Waals surface area contributed by atoms with E-state index >= 15 is 0 Å². The molecule has 1 amide bonds. The lowest BCUT2D eigenvalue weighted by molar-refractivity contribution is 0.0988. The molecule has 0 aliphatic rings. The molecule has 0 saturated carbocycles. The summed E-state index contributed by atoms with van der Waals surface area (Å²) in [6, 6.07) is 21.2. The fraction of sp³-hybridized carbons (Fsp3) is 0.100. The normalized spacial score (nSPS) is 10.2. The lowest BCUT2D eigenvalue weighted by Gasteiger charge is -2.17. The molecule has 1 N–H and O–H groups in total. The third-order valence-corrected chi connectivity index (χ3v) is 3.85. The van der Waals surface area contributed by atoms with E-state index in [1.165, 1.54) is 0 Å². The summed E-state index contributed by atoms with van der Waals surface area (Å²) in [6.45, 7) is 2.04. The number of amides is 1. The third-order valence-electron chi connectivity index (χ3n) is 3.85. The topological polar surface area (TPSA) is 45.2 Å². The van der Waals surface area contributed by atoms with Crippen LogP contribution < -0.4 is 10.2 Å². The number of benzene rings is 2. The predicted octanol–water partition coefficient (Wildman–Crippen LogP) is 4.41. The molecule has 3 aromatic rings. The van der Waals surface area contributed by atoms with Crippen LogP contribution in [-0.4, -0.2) is 17.9 Å². The van der Waals surface area contributed by atoms with Crippen LogP contribution in [0.5, 0.6) is 0 Å². The standard InChI is InChI=1S/C20H19N3O/c1-15-8-6-7-11-18(15)22-16-12-13-21-19(14-16)20(24)23(2)17-9-4-3-5-10-17/h3-14H,1-2H3,(H,21,22). The first kappa shape index (κ1) is 15.7. The van der Waals surface area contributed by atoms with Crippen LogP contribution in [0.4, 0.5) is 17.1 Å². The Hall–Kier alpha value is -3.14. The smallest absolute Gasteiger partial charge is 0.276 e. The van der Waals surface area contributed by atoms with Crippen molar-refractivity contribution in [2.45, 2.75) is 6.92 Å². The van der Waals surface area contributed by atoms with Gasteiger partial charge in [-0.15, -0.1) is 0 Å². The summed E-state index contributed by atoms with van der Waals surface area (Å²) in [5.41, 5.74) is 4.23. The number of nitrogens with one attached hydrogen (secondary N) is 1. The first-order chi connectivity index (χ1) is 11.6. The van der Waals surface area contributed by atoms with Crippen molar-refractivity contribution in [2.75, 3.05) is 17.3 Å². The minimum atomic E-state index is -0.144.